The summed E-state index contributed by atoms with van der Waals surface area (Å²) in [7, 11) is 0. The monoisotopic (exact) mass is 371 g/mol. The Morgan fingerprint density at radius 1 is 1.09 bits per heavy atom. The molecule has 0 spiro atoms. The Balaban J connectivity index is 1.77. The molecule has 2 atom stereocenters. The van der Waals surface area contributed by atoms with E-state index in [0.29, 0.717) is 10.0 Å². The molecule has 1 aliphatic carbocycles. The van der Waals surface area contributed by atoms with Crippen molar-refractivity contribution in [1.82, 2.24) is 5.32 Å². The maximum atomic E-state index is 13.8. The van der Waals surface area contributed by atoms with E-state index in [0.717, 1.165) is 18.4 Å². The SMILES string of the molecule is O=C(N[C@H]1CC[C@H]1c1ccc(Cl)cc1Cl)c1c(F)cccc1Cl. The van der Waals surface area contributed by atoms with E-state index in [1.54, 1.807) is 12.1 Å². The van der Waals surface area contributed by atoms with Crippen LogP contribution in [-0.2, 0) is 0 Å². The van der Waals surface area contributed by atoms with Gasteiger partial charge in [0.05, 0.1) is 10.6 Å². The van der Waals surface area contributed by atoms with Crippen LogP contribution in [0.15, 0.2) is 36.4 Å². The Kier molecular flexibility index (Phi) is 4.81. The molecule has 120 valence electrons. The first kappa shape index (κ1) is 16.6. The largest absolute Gasteiger partial charge is 0.349 e. The summed E-state index contributed by atoms with van der Waals surface area (Å²) in [5.41, 5.74) is 0.814. The minimum atomic E-state index is -0.629. The van der Waals surface area contributed by atoms with E-state index in [1.807, 2.05) is 6.07 Å². The van der Waals surface area contributed by atoms with Crippen molar-refractivity contribution in [3.05, 3.63) is 68.4 Å². The third kappa shape index (κ3) is 3.32. The maximum Gasteiger partial charge on any atom is 0.256 e. The van der Waals surface area contributed by atoms with Gasteiger partial charge >= 0.3 is 0 Å². The first-order chi connectivity index (χ1) is 11.0. The highest BCUT2D eigenvalue weighted by atomic mass is 35.5. The van der Waals surface area contributed by atoms with Gasteiger partial charge in [-0.3, -0.25) is 4.79 Å². The third-order valence-corrected chi connectivity index (χ3v) is 5.02. The van der Waals surface area contributed by atoms with Crippen LogP contribution >= 0.6 is 34.8 Å². The highest BCUT2D eigenvalue weighted by Gasteiger charge is 2.35. The molecule has 0 unspecified atom stereocenters. The molecule has 0 aromatic heterocycles. The van der Waals surface area contributed by atoms with Crippen molar-refractivity contribution in [2.75, 3.05) is 0 Å². The molecule has 6 heteroatoms. The second-order valence-corrected chi connectivity index (χ2v) is 6.78. The first-order valence-electron chi connectivity index (χ1n) is 7.17. The number of rotatable bonds is 3. The average Bonchev–Trinajstić information content (AvgIpc) is 2.46. The summed E-state index contributed by atoms with van der Waals surface area (Å²) in [6, 6.07) is 9.40. The van der Waals surface area contributed by atoms with Crippen LogP contribution in [0.1, 0.15) is 34.7 Å². The van der Waals surface area contributed by atoms with Crippen LogP contribution < -0.4 is 5.32 Å². The Morgan fingerprint density at radius 3 is 2.48 bits per heavy atom. The fraction of sp³-hybridized carbons (Fsp3) is 0.235. The minimum absolute atomic E-state index is 0.0919. The van der Waals surface area contributed by atoms with Crippen LogP contribution in [0, 0.1) is 5.82 Å². The van der Waals surface area contributed by atoms with Gasteiger partial charge in [-0.05, 0) is 42.7 Å². The quantitative estimate of drug-likeness (QED) is 0.761. The van der Waals surface area contributed by atoms with Gasteiger partial charge in [-0.1, -0.05) is 46.9 Å². The third-order valence-electron chi connectivity index (χ3n) is 4.14. The van der Waals surface area contributed by atoms with Gasteiger partial charge in [0.15, 0.2) is 0 Å². The lowest BCUT2D eigenvalue weighted by molar-refractivity contribution is 0.0901. The van der Waals surface area contributed by atoms with Gasteiger partial charge in [0.25, 0.3) is 5.91 Å². The van der Waals surface area contributed by atoms with Crippen molar-refractivity contribution >= 4 is 40.7 Å². The zero-order chi connectivity index (χ0) is 16.6. The van der Waals surface area contributed by atoms with Crippen molar-refractivity contribution < 1.29 is 9.18 Å². The summed E-state index contributed by atoms with van der Waals surface area (Å²) < 4.78 is 13.8. The van der Waals surface area contributed by atoms with Gasteiger partial charge in [-0.15, -0.1) is 0 Å². The molecule has 1 saturated carbocycles. The predicted molar refractivity (Wildman–Crippen MR) is 91.1 cm³/mol. The van der Waals surface area contributed by atoms with Crippen LogP contribution in [-0.4, -0.2) is 11.9 Å². The van der Waals surface area contributed by atoms with Crippen molar-refractivity contribution in [2.45, 2.75) is 24.8 Å². The number of amides is 1. The number of carbonyl (C=O) groups excluding carboxylic acids is 1. The van der Waals surface area contributed by atoms with Crippen LogP contribution in [0.3, 0.4) is 0 Å². The highest BCUT2D eigenvalue weighted by Crippen LogP contribution is 2.41. The molecule has 2 aromatic rings. The van der Waals surface area contributed by atoms with Gasteiger partial charge in [0.2, 0.25) is 0 Å². The molecule has 3 rings (SSSR count). The van der Waals surface area contributed by atoms with Gasteiger partial charge < -0.3 is 5.32 Å². The Labute approximate surface area is 148 Å². The van der Waals surface area contributed by atoms with Crippen molar-refractivity contribution in [1.29, 1.82) is 0 Å². The molecule has 2 nitrogen and oxygen atoms in total. The van der Waals surface area contributed by atoms with E-state index in [1.165, 1.54) is 18.2 Å². The van der Waals surface area contributed by atoms with Crippen molar-refractivity contribution in [3.63, 3.8) is 0 Å². The van der Waals surface area contributed by atoms with Gasteiger partial charge in [-0.25, -0.2) is 4.39 Å². The van der Waals surface area contributed by atoms with E-state index in [4.69, 9.17) is 34.8 Å². The Hall–Kier alpha value is -1.29. The number of halogens is 4. The second kappa shape index (κ2) is 6.68. The second-order valence-electron chi connectivity index (χ2n) is 5.53. The number of nitrogens with one attached hydrogen (secondary N) is 1. The maximum absolute atomic E-state index is 13.8. The molecule has 23 heavy (non-hydrogen) atoms. The van der Waals surface area contributed by atoms with E-state index in [2.05, 4.69) is 5.32 Å². The molecule has 0 saturated heterocycles. The first-order valence-corrected chi connectivity index (χ1v) is 8.30. The van der Waals surface area contributed by atoms with E-state index in [9.17, 15) is 9.18 Å². The van der Waals surface area contributed by atoms with Crippen molar-refractivity contribution in [2.24, 2.45) is 0 Å². The molecule has 1 N–H and O–H groups in total. The van der Waals surface area contributed by atoms with Crippen LogP contribution in [0.25, 0.3) is 0 Å². The molecule has 0 bridgehead atoms. The Morgan fingerprint density at radius 2 is 1.87 bits per heavy atom. The molecule has 0 radical (unpaired) electrons. The summed E-state index contributed by atoms with van der Waals surface area (Å²) in [6.45, 7) is 0. The molecule has 0 aliphatic heterocycles. The number of hydrogen-bond acceptors (Lipinski definition) is 1. The van der Waals surface area contributed by atoms with Crippen LogP contribution in [0.2, 0.25) is 15.1 Å². The molecular weight excluding hydrogens is 360 g/mol. The minimum Gasteiger partial charge on any atom is -0.349 e. The fourth-order valence-corrected chi connectivity index (χ4v) is 3.60. The summed E-state index contributed by atoms with van der Waals surface area (Å²) in [5.74, 6) is -1.04. The predicted octanol–water partition coefficient (Wildman–Crippen LogP) is 5.46. The van der Waals surface area contributed by atoms with Crippen molar-refractivity contribution in [3.8, 4) is 0 Å². The number of hydrogen-bond donors (Lipinski definition) is 1. The highest BCUT2D eigenvalue weighted by molar-refractivity contribution is 6.35. The molecular formula is C17H13Cl3FNO. The van der Waals surface area contributed by atoms with E-state index in [-0.39, 0.29) is 22.5 Å². The lowest BCUT2D eigenvalue weighted by Crippen LogP contribution is -2.45. The summed E-state index contributed by atoms with van der Waals surface area (Å²) >= 11 is 18.1. The number of carbonyl (C=O) groups is 1. The zero-order valence-electron chi connectivity index (χ0n) is 12.0. The van der Waals surface area contributed by atoms with E-state index >= 15 is 0 Å². The molecule has 1 aliphatic rings. The lowest BCUT2D eigenvalue weighted by atomic mass is 9.75. The molecule has 1 amide bonds. The van der Waals surface area contributed by atoms with E-state index < -0.39 is 11.7 Å². The standard InChI is InChI=1S/C17H13Cl3FNO/c18-9-4-5-10(13(20)8-9)11-6-7-15(11)22-17(23)16-12(19)2-1-3-14(16)21/h1-5,8,11,15H,6-7H2,(H,22,23)/t11-,15-/m0/s1. The van der Waals surface area contributed by atoms with Gasteiger partial charge in [0.1, 0.15) is 5.82 Å². The lowest BCUT2D eigenvalue weighted by Gasteiger charge is -2.38. The normalized spacial score (nSPS) is 20.0. The fourth-order valence-electron chi connectivity index (χ4n) is 2.80. The Bertz CT molecular complexity index is 745. The van der Waals surface area contributed by atoms with Crippen LogP contribution in [0.5, 0.6) is 0 Å². The van der Waals surface area contributed by atoms with Crippen LogP contribution in [0.4, 0.5) is 4.39 Å². The van der Waals surface area contributed by atoms with Gasteiger partial charge in [-0.2, -0.15) is 0 Å². The molecule has 2 aromatic carbocycles. The topological polar surface area (TPSA) is 29.1 Å². The smallest absolute Gasteiger partial charge is 0.256 e. The molecule has 0 heterocycles. The number of benzene rings is 2. The summed E-state index contributed by atoms with van der Waals surface area (Å²) in [4.78, 5) is 12.3. The molecule has 1 fully saturated rings. The summed E-state index contributed by atoms with van der Waals surface area (Å²) in [5, 5.41) is 4.09. The summed E-state index contributed by atoms with van der Waals surface area (Å²) in [6.07, 6.45) is 1.71. The average molecular weight is 373 g/mol. The zero-order valence-corrected chi connectivity index (χ0v) is 14.2. The van der Waals surface area contributed by atoms with Gasteiger partial charge in [0, 0.05) is 22.0 Å².